The summed E-state index contributed by atoms with van der Waals surface area (Å²) < 4.78 is 5.63. The van der Waals surface area contributed by atoms with Gasteiger partial charge in [0, 0.05) is 30.6 Å². The Hall–Kier alpha value is -2.22. The molecule has 1 aromatic heterocycles. The van der Waals surface area contributed by atoms with Crippen LogP contribution in [0.3, 0.4) is 0 Å². The number of nitrogens with one attached hydrogen (secondary N) is 1. The van der Waals surface area contributed by atoms with Crippen LogP contribution in [0, 0.1) is 0 Å². The van der Waals surface area contributed by atoms with Crippen molar-refractivity contribution in [1.29, 1.82) is 0 Å². The smallest absolute Gasteiger partial charge is 0.345 e. The van der Waals surface area contributed by atoms with Crippen LogP contribution in [0.15, 0.2) is 42.5 Å². The van der Waals surface area contributed by atoms with Gasteiger partial charge in [0.15, 0.2) is 0 Å². The summed E-state index contributed by atoms with van der Waals surface area (Å²) in [6.45, 7) is 2.22. The number of nitrogens with zero attached hydrogens (tertiary/aromatic N) is 1. The Morgan fingerprint density at radius 1 is 1.30 bits per heavy atom. The number of ether oxygens (including phenoxy) is 1. The van der Waals surface area contributed by atoms with E-state index < -0.39 is 5.97 Å². The van der Waals surface area contributed by atoms with Crippen LogP contribution in [0.4, 0.5) is 0 Å². The predicted octanol–water partition coefficient (Wildman–Crippen LogP) is 2.91. The zero-order valence-electron chi connectivity index (χ0n) is 15.3. The molecule has 0 radical (unpaired) electrons. The molecule has 0 bridgehead atoms. The number of thiophene rings is 1. The molecule has 6 nitrogen and oxygen atoms in total. The van der Waals surface area contributed by atoms with Gasteiger partial charge in [-0.3, -0.25) is 4.79 Å². The first kappa shape index (κ1) is 19.5. The van der Waals surface area contributed by atoms with Crippen LogP contribution in [0.1, 0.15) is 39.0 Å². The summed E-state index contributed by atoms with van der Waals surface area (Å²) in [4.78, 5) is 26.9. The normalized spacial score (nSPS) is 18.3. The highest BCUT2D eigenvalue weighted by atomic mass is 32.1. The van der Waals surface area contributed by atoms with E-state index in [-0.39, 0.29) is 24.5 Å². The number of carbonyl (C=O) groups excluding carboxylic acids is 1. The quantitative estimate of drug-likeness (QED) is 0.677. The van der Waals surface area contributed by atoms with Crippen LogP contribution in [0.2, 0.25) is 0 Å². The number of likely N-dealkylation sites (tertiary alicyclic amines) is 1. The fraction of sp³-hybridized carbons (Fsp3) is 0.400. The largest absolute Gasteiger partial charge is 0.477 e. The molecular weight excluding hydrogens is 364 g/mol. The van der Waals surface area contributed by atoms with Gasteiger partial charge in [0.1, 0.15) is 11.0 Å². The molecule has 144 valence electrons. The van der Waals surface area contributed by atoms with E-state index in [2.05, 4.69) is 10.2 Å². The SMILES string of the molecule is CN1CC[C@@H](OC(=O)CC(NCc2ccc(C(=O)O)s2)c2ccccc2)C1. The highest BCUT2D eigenvalue weighted by Crippen LogP contribution is 2.22. The number of aromatic carboxylic acids is 1. The van der Waals surface area contributed by atoms with Gasteiger partial charge in [0.2, 0.25) is 0 Å². The molecule has 1 aliphatic heterocycles. The zero-order valence-corrected chi connectivity index (χ0v) is 16.1. The number of hydrogen-bond acceptors (Lipinski definition) is 6. The number of carboxylic acid groups (broad SMARTS) is 1. The lowest BCUT2D eigenvalue weighted by Gasteiger charge is -2.20. The van der Waals surface area contributed by atoms with Crippen molar-refractivity contribution in [2.24, 2.45) is 0 Å². The van der Waals surface area contributed by atoms with Gasteiger partial charge in [-0.1, -0.05) is 30.3 Å². The highest BCUT2D eigenvalue weighted by molar-refractivity contribution is 7.13. The number of likely N-dealkylation sites (N-methyl/N-ethyl adjacent to an activating group) is 1. The third kappa shape index (κ3) is 5.63. The van der Waals surface area contributed by atoms with Crippen LogP contribution in [0.5, 0.6) is 0 Å². The average Bonchev–Trinajstić information content (AvgIpc) is 3.28. The van der Waals surface area contributed by atoms with Crippen molar-refractivity contribution in [3.05, 3.63) is 57.8 Å². The van der Waals surface area contributed by atoms with Gasteiger partial charge in [0.25, 0.3) is 0 Å². The second-order valence-electron chi connectivity index (χ2n) is 6.78. The molecule has 2 heterocycles. The average molecular weight is 388 g/mol. The number of carboxylic acids is 1. The second-order valence-corrected chi connectivity index (χ2v) is 7.95. The van der Waals surface area contributed by atoms with Crippen molar-refractivity contribution in [1.82, 2.24) is 10.2 Å². The first-order chi connectivity index (χ1) is 13.0. The first-order valence-electron chi connectivity index (χ1n) is 8.99. The van der Waals surface area contributed by atoms with Crippen molar-refractivity contribution in [2.75, 3.05) is 20.1 Å². The number of rotatable bonds is 8. The first-order valence-corrected chi connectivity index (χ1v) is 9.81. The highest BCUT2D eigenvalue weighted by Gasteiger charge is 2.25. The topological polar surface area (TPSA) is 78.9 Å². The van der Waals surface area contributed by atoms with Crippen LogP contribution < -0.4 is 5.32 Å². The summed E-state index contributed by atoms with van der Waals surface area (Å²) in [5.41, 5.74) is 1.01. The van der Waals surface area contributed by atoms with E-state index in [1.807, 2.05) is 37.4 Å². The number of esters is 1. The van der Waals surface area contributed by atoms with Crippen LogP contribution in [-0.4, -0.2) is 48.2 Å². The Balaban J connectivity index is 1.62. The summed E-state index contributed by atoms with van der Waals surface area (Å²) in [6, 6.07) is 13.0. The summed E-state index contributed by atoms with van der Waals surface area (Å²) in [5, 5.41) is 12.4. The molecule has 1 unspecified atom stereocenters. The van der Waals surface area contributed by atoms with Crippen molar-refractivity contribution in [2.45, 2.75) is 31.5 Å². The van der Waals surface area contributed by atoms with E-state index >= 15 is 0 Å². The van der Waals surface area contributed by atoms with Crippen molar-refractivity contribution >= 4 is 23.3 Å². The summed E-state index contributed by atoms with van der Waals surface area (Å²) >= 11 is 1.24. The summed E-state index contributed by atoms with van der Waals surface area (Å²) in [5.74, 6) is -1.13. The molecule has 27 heavy (non-hydrogen) atoms. The Morgan fingerprint density at radius 3 is 2.70 bits per heavy atom. The Morgan fingerprint density at radius 2 is 2.07 bits per heavy atom. The van der Waals surface area contributed by atoms with Crippen molar-refractivity contribution < 1.29 is 19.4 Å². The fourth-order valence-corrected chi connectivity index (χ4v) is 3.99. The van der Waals surface area contributed by atoms with Crippen molar-refractivity contribution in [3.63, 3.8) is 0 Å². The van der Waals surface area contributed by atoms with E-state index in [0.29, 0.717) is 11.4 Å². The van der Waals surface area contributed by atoms with Crippen molar-refractivity contribution in [3.8, 4) is 0 Å². The summed E-state index contributed by atoms with van der Waals surface area (Å²) in [6.07, 6.45) is 1.08. The van der Waals surface area contributed by atoms with Gasteiger partial charge in [0.05, 0.1) is 6.42 Å². The molecule has 1 aromatic carbocycles. The van der Waals surface area contributed by atoms with Crippen LogP contribution >= 0.6 is 11.3 Å². The molecule has 0 amide bonds. The minimum atomic E-state index is -0.920. The third-order valence-corrected chi connectivity index (χ3v) is 5.69. The molecule has 7 heteroatoms. The molecule has 1 aliphatic rings. The molecule has 1 fully saturated rings. The number of carbonyl (C=O) groups is 2. The van der Waals surface area contributed by atoms with Gasteiger partial charge in [-0.2, -0.15) is 0 Å². The number of benzene rings is 1. The maximum Gasteiger partial charge on any atom is 0.345 e. The Labute approximate surface area is 162 Å². The summed E-state index contributed by atoms with van der Waals surface area (Å²) in [7, 11) is 2.02. The van der Waals surface area contributed by atoms with Gasteiger partial charge < -0.3 is 20.1 Å². The fourth-order valence-electron chi connectivity index (χ4n) is 3.20. The molecule has 2 atom stereocenters. The van der Waals surface area contributed by atoms with E-state index in [1.54, 1.807) is 12.1 Å². The monoisotopic (exact) mass is 388 g/mol. The molecule has 2 N–H and O–H groups in total. The maximum absolute atomic E-state index is 12.4. The lowest BCUT2D eigenvalue weighted by Crippen LogP contribution is -2.27. The molecule has 0 saturated carbocycles. The Bertz CT molecular complexity index is 777. The minimum Gasteiger partial charge on any atom is -0.477 e. The third-order valence-electron chi connectivity index (χ3n) is 4.61. The predicted molar refractivity (Wildman–Crippen MR) is 104 cm³/mol. The van der Waals surface area contributed by atoms with Gasteiger partial charge in [-0.25, -0.2) is 4.79 Å². The molecule has 0 aliphatic carbocycles. The van der Waals surface area contributed by atoms with Crippen LogP contribution in [-0.2, 0) is 16.1 Å². The van der Waals surface area contributed by atoms with E-state index in [9.17, 15) is 9.59 Å². The minimum absolute atomic E-state index is 0.0330. The molecule has 3 rings (SSSR count). The van der Waals surface area contributed by atoms with Gasteiger partial charge in [-0.15, -0.1) is 11.3 Å². The zero-order chi connectivity index (χ0) is 19.2. The lowest BCUT2D eigenvalue weighted by molar-refractivity contribution is -0.149. The Kier molecular flexibility index (Phi) is 6.60. The molecule has 1 saturated heterocycles. The maximum atomic E-state index is 12.4. The van der Waals surface area contributed by atoms with E-state index in [0.717, 1.165) is 30.0 Å². The van der Waals surface area contributed by atoms with Crippen LogP contribution in [0.25, 0.3) is 0 Å². The van der Waals surface area contributed by atoms with Gasteiger partial charge in [-0.05, 0) is 31.2 Å². The van der Waals surface area contributed by atoms with E-state index in [1.165, 1.54) is 11.3 Å². The molecular formula is C20H24N2O4S. The molecule has 0 spiro atoms. The molecule has 2 aromatic rings. The number of hydrogen-bond donors (Lipinski definition) is 2. The second kappa shape index (κ2) is 9.12. The van der Waals surface area contributed by atoms with Gasteiger partial charge >= 0.3 is 11.9 Å². The van der Waals surface area contributed by atoms with E-state index in [4.69, 9.17) is 9.84 Å². The standard InChI is InChI=1S/C20H24N2O4S/c1-22-10-9-15(13-22)26-19(23)11-17(14-5-3-2-4-6-14)21-12-16-7-8-18(27-16)20(24)25/h2-8,15,17,21H,9-13H2,1H3,(H,24,25)/t15-,17?/m1/s1. The lowest BCUT2D eigenvalue weighted by atomic mass is 10.0.